The van der Waals surface area contributed by atoms with Gasteiger partial charge >= 0.3 is 0 Å². The van der Waals surface area contributed by atoms with E-state index in [1.165, 1.54) is 0 Å². The van der Waals surface area contributed by atoms with Gasteiger partial charge in [0.25, 0.3) is 0 Å². The molecule has 3 aromatic rings. The van der Waals surface area contributed by atoms with E-state index >= 15 is 0 Å². The predicted molar refractivity (Wildman–Crippen MR) is 93.2 cm³/mol. The zero-order valence-electron chi connectivity index (χ0n) is 12.6. The third-order valence-electron chi connectivity index (χ3n) is 3.75. The van der Waals surface area contributed by atoms with Gasteiger partial charge in [0.2, 0.25) is 0 Å². The molecule has 0 unspecified atom stereocenters. The Morgan fingerprint density at radius 3 is 2.55 bits per heavy atom. The molecule has 0 bridgehead atoms. The fourth-order valence-electron chi connectivity index (χ4n) is 2.39. The van der Waals surface area contributed by atoms with Crippen LogP contribution in [0.15, 0.2) is 18.2 Å². The fourth-order valence-corrected chi connectivity index (χ4v) is 3.09. The van der Waals surface area contributed by atoms with E-state index in [0.29, 0.717) is 12.1 Å². The van der Waals surface area contributed by atoms with Gasteiger partial charge in [0.05, 0.1) is 40.4 Å². The molecule has 0 amide bonds. The Morgan fingerprint density at radius 2 is 1.82 bits per heavy atom. The van der Waals surface area contributed by atoms with Crippen LogP contribution < -0.4 is 0 Å². The Kier molecular flexibility index (Phi) is 3.94. The van der Waals surface area contributed by atoms with E-state index in [-0.39, 0.29) is 0 Å². The molecule has 1 aromatic carbocycles. The third-order valence-corrected chi connectivity index (χ3v) is 4.57. The molecular formula is C16H15IN4O. The highest BCUT2D eigenvalue weighted by Crippen LogP contribution is 2.21. The average molecular weight is 406 g/mol. The molecular weight excluding hydrogens is 391 g/mol. The van der Waals surface area contributed by atoms with Crippen LogP contribution in [0.4, 0.5) is 0 Å². The van der Waals surface area contributed by atoms with Crippen LogP contribution in [0.3, 0.4) is 0 Å². The maximum atomic E-state index is 11.0. The largest absolute Gasteiger partial charge is 0.313 e. The first kappa shape index (κ1) is 15.1. The summed E-state index contributed by atoms with van der Waals surface area (Å²) in [6.07, 6.45) is 0.852. The molecule has 6 heteroatoms. The zero-order valence-corrected chi connectivity index (χ0v) is 14.7. The van der Waals surface area contributed by atoms with E-state index in [1.54, 1.807) is 6.07 Å². The van der Waals surface area contributed by atoms with Crippen molar-refractivity contribution in [1.29, 1.82) is 0 Å². The number of nitrogens with zero attached hydrogens (tertiary/aromatic N) is 4. The number of aromatic nitrogens is 4. The monoisotopic (exact) mass is 406 g/mol. The lowest BCUT2D eigenvalue weighted by atomic mass is 10.2. The lowest BCUT2D eigenvalue weighted by Gasteiger charge is -2.10. The Hall–Kier alpha value is -1.83. The van der Waals surface area contributed by atoms with Crippen LogP contribution in [-0.4, -0.2) is 25.8 Å². The van der Waals surface area contributed by atoms with E-state index in [0.717, 1.165) is 43.9 Å². The minimum absolute atomic E-state index is 0.594. The minimum atomic E-state index is 0.594. The third kappa shape index (κ3) is 2.63. The number of fused-ring (bicyclic) bond motifs is 1. The molecule has 2 heterocycles. The number of imidazole rings is 1. The SMILES string of the molecule is Cc1nc(C)c(Cn2c(I)nc3ccc(C=O)cc32)nc1C. The number of rotatable bonds is 3. The van der Waals surface area contributed by atoms with Crippen molar-refractivity contribution in [2.24, 2.45) is 0 Å². The van der Waals surface area contributed by atoms with Crippen LogP contribution in [0.1, 0.15) is 33.1 Å². The van der Waals surface area contributed by atoms with E-state index in [4.69, 9.17) is 0 Å². The van der Waals surface area contributed by atoms with Gasteiger partial charge in [-0.3, -0.25) is 14.8 Å². The van der Waals surface area contributed by atoms with Gasteiger partial charge in [0, 0.05) is 5.56 Å². The number of carbonyl (C=O) groups is 1. The molecule has 2 aromatic heterocycles. The minimum Gasteiger partial charge on any atom is -0.313 e. The van der Waals surface area contributed by atoms with Gasteiger partial charge in [-0.2, -0.15) is 0 Å². The topological polar surface area (TPSA) is 60.7 Å². The van der Waals surface area contributed by atoms with E-state index in [9.17, 15) is 4.79 Å². The molecule has 0 aliphatic carbocycles. The zero-order chi connectivity index (χ0) is 15.9. The van der Waals surface area contributed by atoms with Crippen molar-refractivity contribution in [3.63, 3.8) is 0 Å². The second-order valence-electron chi connectivity index (χ2n) is 5.26. The van der Waals surface area contributed by atoms with Crippen LogP contribution in [0.2, 0.25) is 0 Å². The molecule has 0 radical (unpaired) electrons. The molecule has 0 saturated heterocycles. The van der Waals surface area contributed by atoms with Crippen molar-refractivity contribution in [3.8, 4) is 0 Å². The Bertz CT molecular complexity index is 885. The highest BCUT2D eigenvalue weighted by molar-refractivity contribution is 14.1. The maximum absolute atomic E-state index is 11.0. The highest BCUT2D eigenvalue weighted by atomic mass is 127. The van der Waals surface area contributed by atoms with Crippen molar-refractivity contribution in [3.05, 3.63) is 50.4 Å². The lowest BCUT2D eigenvalue weighted by molar-refractivity contribution is 0.112. The summed E-state index contributed by atoms with van der Waals surface area (Å²) in [6, 6.07) is 5.52. The van der Waals surface area contributed by atoms with Crippen molar-refractivity contribution in [2.75, 3.05) is 0 Å². The molecule has 0 saturated carbocycles. The summed E-state index contributed by atoms with van der Waals surface area (Å²) in [4.78, 5) is 24.7. The van der Waals surface area contributed by atoms with E-state index in [2.05, 4.69) is 42.1 Å². The number of benzene rings is 1. The molecule has 5 nitrogen and oxygen atoms in total. The normalized spacial score (nSPS) is 11.1. The molecule has 22 heavy (non-hydrogen) atoms. The van der Waals surface area contributed by atoms with Crippen molar-refractivity contribution in [2.45, 2.75) is 27.3 Å². The Balaban J connectivity index is 2.12. The molecule has 112 valence electrons. The first-order chi connectivity index (χ1) is 10.5. The number of carbonyl (C=O) groups excluding carboxylic acids is 1. The smallest absolute Gasteiger partial charge is 0.172 e. The van der Waals surface area contributed by atoms with E-state index < -0.39 is 0 Å². The molecule has 0 N–H and O–H groups in total. The summed E-state index contributed by atoms with van der Waals surface area (Å²) in [5.74, 6) is 0. The first-order valence-corrected chi connectivity index (χ1v) is 7.99. The second kappa shape index (κ2) is 5.75. The van der Waals surface area contributed by atoms with Crippen molar-refractivity contribution >= 4 is 39.9 Å². The summed E-state index contributed by atoms with van der Waals surface area (Å²) < 4.78 is 2.93. The van der Waals surface area contributed by atoms with Gasteiger partial charge in [0.1, 0.15) is 6.29 Å². The molecule has 0 aliphatic rings. The summed E-state index contributed by atoms with van der Waals surface area (Å²) in [5.41, 5.74) is 6.21. The number of aldehydes is 1. The summed E-state index contributed by atoms with van der Waals surface area (Å²) in [5, 5.41) is 0. The molecule has 0 aliphatic heterocycles. The van der Waals surface area contributed by atoms with E-state index in [1.807, 2.05) is 32.9 Å². The van der Waals surface area contributed by atoms with Gasteiger partial charge in [-0.25, -0.2) is 4.98 Å². The summed E-state index contributed by atoms with van der Waals surface area (Å²) >= 11 is 2.21. The molecule has 0 spiro atoms. The molecule has 0 fully saturated rings. The number of hydrogen-bond acceptors (Lipinski definition) is 4. The lowest BCUT2D eigenvalue weighted by Crippen LogP contribution is -2.09. The standard InChI is InChI=1S/C16H15IN4O/c1-9-10(2)19-14(11(3)18-9)7-21-15-6-12(8-22)4-5-13(15)20-16(21)17/h4-6,8H,7H2,1-3H3. The number of halogens is 1. The van der Waals surface area contributed by atoms with Crippen LogP contribution in [0, 0.1) is 24.6 Å². The van der Waals surface area contributed by atoms with Crippen LogP contribution in [0.25, 0.3) is 11.0 Å². The van der Waals surface area contributed by atoms with Crippen molar-refractivity contribution < 1.29 is 4.79 Å². The second-order valence-corrected chi connectivity index (χ2v) is 6.22. The van der Waals surface area contributed by atoms with Crippen LogP contribution in [-0.2, 0) is 6.54 Å². The average Bonchev–Trinajstić information content (AvgIpc) is 2.80. The quantitative estimate of drug-likeness (QED) is 0.495. The van der Waals surface area contributed by atoms with Crippen LogP contribution in [0.5, 0.6) is 0 Å². The van der Waals surface area contributed by atoms with Gasteiger partial charge in [-0.15, -0.1) is 0 Å². The van der Waals surface area contributed by atoms with Gasteiger partial charge in [-0.1, -0.05) is 0 Å². The van der Waals surface area contributed by atoms with Gasteiger partial charge in [0.15, 0.2) is 3.83 Å². The first-order valence-electron chi connectivity index (χ1n) is 6.91. The number of aryl methyl sites for hydroxylation is 3. The fraction of sp³-hybridized carbons (Fsp3) is 0.250. The molecule has 0 atom stereocenters. The highest BCUT2D eigenvalue weighted by Gasteiger charge is 2.13. The maximum Gasteiger partial charge on any atom is 0.172 e. The van der Waals surface area contributed by atoms with Gasteiger partial charge < -0.3 is 4.57 Å². The van der Waals surface area contributed by atoms with Crippen molar-refractivity contribution in [1.82, 2.24) is 19.5 Å². The summed E-state index contributed by atoms with van der Waals surface area (Å²) in [7, 11) is 0. The van der Waals surface area contributed by atoms with Gasteiger partial charge in [-0.05, 0) is 61.6 Å². The molecule has 3 rings (SSSR count). The Morgan fingerprint density at radius 1 is 1.09 bits per heavy atom. The summed E-state index contributed by atoms with van der Waals surface area (Å²) in [6.45, 7) is 6.49. The predicted octanol–water partition coefficient (Wildman–Crippen LogP) is 3.22. The number of hydrogen-bond donors (Lipinski definition) is 0. The Labute approximate surface area is 141 Å². The van der Waals surface area contributed by atoms with Crippen LogP contribution >= 0.6 is 22.6 Å².